The lowest BCUT2D eigenvalue weighted by Crippen LogP contribution is -2.13. The SMILES string of the molecule is C1=C(c2ccccc2)/C(=C/C2=C(c3ccccc3)CC(c3ccccc3)N2)N=C1c1ccccc1. The molecule has 2 aliphatic rings. The third-order valence-corrected chi connectivity index (χ3v) is 6.62. The minimum atomic E-state index is 0.237. The Morgan fingerprint density at radius 1 is 0.629 bits per heavy atom. The van der Waals surface area contributed by atoms with Gasteiger partial charge in [-0.3, -0.25) is 0 Å². The van der Waals surface area contributed by atoms with Gasteiger partial charge >= 0.3 is 0 Å². The molecule has 6 rings (SSSR count). The summed E-state index contributed by atoms with van der Waals surface area (Å²) < 4.78 is 0. The second kappa shape index (κ2) is 9.44. The van der Waals surface area contributed by atoms with Gasteiger partial charge in [0.25, 0.3) is 0 Å². The van der Waals surface area contributed by atoms with E-state index in [1.165, 1.54) is 22.3 Å². The van der Waals surface area contributed by atoms with Gasteiger partial charge in [-0.2, -0.15) is 0 Å². The normalized spacial score (nSPS) is 18.4. The molecular weight excluding hydrogens is 424 g/mol. The molecule has 0 spiro atoms. The molecule has 0 saturated carbocycles. The van der Waals surface area contributed by atoms with Crippen LogP contribution in [-0.2, 0) is 0 Å². The smallest absolute Gasteiger partial charge is 0.0736 e. The molecular formula is C33H26N2. The van der Waals surface area contributed by atoms with Gasteiger partial charge in [-0.15, -0.1) is 0 Å². The molecule has 4 aromatic rings. The van der Waals surface area contributed by atoms with Crippen molar-refractivity contribution < 1.29 is 0 Å². The zero-order valence-corrected chi connectivity index (χ0v) is 19.4. The Kier molecular flexibility index (Phi) is 5.70. The van der Waals surface area contributed by atoms with Crippen LogP contribution in [0.2, 0.25) is 0 Å². The van der Waals surface area contributed by atoms with Crippen molar-refractivity contribution >= 4 is 16.9 Å². The lowest BCUT2D eigenvalue weighted by atomic mass is 9.96. The minimum absolute atomic E-state index is 0.237. The van der Waals surface area contributed by atoms with Gasteiger partial charge in [-0.1, -0.05) is 121 Å². The van der Waals surface area contributed by atoms with Crippen LogP contribution in [0.15, 0.2) is 150 Å². The molecule has 0 aromatic heterocycles. The number of hydrogen-bond donors (Lipinski definition) is 1. The number of benzene rings is 4. The van der Waals surface area contributed by atoms with Gasteiger partial charge < -0.3 is 5.32 Å². The molecule has 35 heavy (non-hydrogen) atoms. The quantitative estimate of drug-likeness (QED) is 0.333. The van der Waals surface area contributed by atoms with Crippen molar-refractivity contribution in [2.24, 2.45) is 4.99 Å². The molecule has 1 N–H and O–H groups in total. The highest BCUT2D eigenvalue weighted by molar-refractivity contribution is 6.18. The van der Waals surface area contributed by atoms with Gasteiger partial charge in [0.05, 0.1) is 17.5 Å². The maximum absolute atomic E-state index is 5.12. The van der Waals surface area contributed by atoms with Crippen LogP contribution in [-0.4, -0.2) is 5.71 Å². The van der Waals surface area contributed by atoms with Crippen LogP contribution in [0.5, 0.6) is 0 Å². The summed E-state index contributed by atoms with van der Waals surface area (Å²) in [5.74, 6) is 0. The molecule has 0 bridgehead atoms. The Balaban J connectivity index is 1.46. The number of rotatable bonds is 5. The number of aliphatic imine (C=N–C) groups is 1. The topological polar surface area (TPSA) is 24.4 Å². The molecule has 2 heteroatoms. The average Bonchev–Trinajstić information content (AvgIpc) is 3.56. The predicted octanol–water partition coefficient (Wildman–Crippen LogP) is 7.60. The average molecular weight is 451 g/mol. The van der Waals surface area contributed by atoms with E-state index in [-0.39, 0.29) is 6.04 Å². The fourth-order valence-corrected chi connectivity index (χ4v) is 4.85. The second-order valence-corrected chi connectivity index (χ2v) is 8.89. The summed E-state index contributed by atoms with van der Waals surface area (Å²) in [5.41, 5.74) is 10.4. The van der Waals surface area contributed by atoms with Crippen molar-refractivity contribution in [3.8, 4) is 0 Å². The van der Waals surface area contributed by atoms with E-state index in [4.69, 9.17) is 4.99 Å². The number of allylic oxidation sites excluding steroid dienone is 3. The molecule has 4 aromatic carbocycles. The third-order valence-electron chi connectivity index (χ3n) is 6.62. The van der Waals surface area contributed by atoms with Gasteiger partial charge in [0.2, 0.25) is 0 Å². The molecule has 0 radical (unpaired) electrons. The second-order valence-electron chi connectivity index (χ2n) is 8.89. The summed E-state index contributed by atoms with van der Waals surface area (Å²) in [6.07, 6.45) is 5.38. The maximum atomic E-state index is 5.12. The monoisotopic (exact) mass is 450 g/mol. The molecule has 2 nitrogen and oxygen atoms in total. The molecule has 168 valence electrons. The first-order valence-electron chi connectivity index (χ1n) is 12.1. The fraction of sp³-hybridized carbons (Fsp3) is 0.0606. The number of hydrogen-bond acceptors (Lipinski definition) is 2. The highest BCUT2D eigenvalue weighted by Gasteiger charge is 2.26. The Hall–Kier alpha value is -4.43. The van der Waals surface area contributed by atoms with Crippen molar-refractivity contribution in [2.45, 2.75) is 12.5 Å². The first-order chi connectivity index (χ1) is 17.3. The fourth-order valence-electron chi connectivity index (χ4n) is 4.85. The zero-order valence-electron chi connectivity index (χ0n) is 19.4. The van der Waals surface area contributed by atoms with Crippen LogP contribution in [0.25, 0.3) is 11.1 Å². The summed E-state index contributed by atoms with van der Waals surface area (Å²) in [6, 6.07) is 42.6. The molecule has 1 unspecified atom stereocenters. The van der Waals surface area contributed by atoms with Crippen LogP contribution in [0.4, 0.5) is 0 Å². The molecule has 1 atom stereocenters. The summed E-state index contributed by atoms with van der Waals surface area (Å²) in [4.78, 5) is 5.12. The summed E-state index contributed by atoms with van der Waals surface area (Å²) in [7, 11) is 0. The molecule has 0 aliphatic carbocycles. The number of nitrogens with one attached hydrogen (secondary N) is 1. The standard InChI is InChI=1S/C33H26N2/c1-5-13-24(14-6-1)28-21-30(26-17-9-3-10-18-26)34-32(28)23-33-29(25-15-7-2-8-16-25)22-31(35-33)27-19-11-4-12-20-27/h1-21,23,31,35H,22H2/b32-23-. The van der Waals surface area contributed by atoms with Crippen molar-refractivity contribution in [3.63, 3.8) is 0 Å². The Labute approximate surface area is 206 Å². The summed E-state index contributed by atoms with van der Waals surface area (Å²) in [5, 5.41) is 3.82. The van der Waals surface area contributed by atoms with E-state index < -0.39 is 0 Å². The minimum Gasteiger partial charge on any atom is -0.378 e. The van der Waals surface area contributed by atoms with Crippen molar-refractivity contribution in [3.05, 3.63) is 167 Å². The van der Waals surface area contributed by atoms with Crippen LogP contribution in [0, 0.1) is 0 Å². The van der Waals surface area contributed by atoms with E-state index in [1.807, 2.05) is 6.07 Å². The molecule has 2 aliphatic heterocycles. The Bertz CT molecular complexity index is 1450. The first kappa shape index (κ1) is 21.1. The van der Waals surface area contributed by atoms with E-state index in [9.17, 15) is 0 Å². The Morgan fingerprint density at radius 3 is 1.80 bits per heavy atom. The van der Waals surface area contributed by atoms with E-state index in [0.29, 0.717) is 0 Å². The van der Waals surface area contributed by atoms with Crippen LogP contribution < -0.4 is 5.32 Å². The highest BCUT2D eigenvalue weighted by Crippen LogP contribution is 2.39. The number of nitrogens with zero attached hydrogens (tertiary/aromatic N) is 1. The zero-order chi connectivity index (χ0) is 23.5. The lowest BCUT2D eigenvalue weighted by molar-refractivity contribution is 0.664. The Morgan fingerprint density at radius 2 is 1.17 bits per heavy atom. The molecule has 0 saturated heterocycles. The lowest BCUT2D eigenvalue weighted by Gasteiger charge is -2.13. The van der Waals surface area contributed by atoms with Crippen LogP contribution in [0.1, 0.15) is 34.7 Å². The van der Waals surface area contributed by atoms with Crippen LogP contribution in [0.3, 0.4) is 0 Å². The molecule has 0 amide bonds. The van der Waals surface area contributed by atoms with Gasteiger partial charge in [-0.25, -0.2) is 4.99 Å². The predicted molar refractivity (Wildman–Crippen MR) is 146 cm³/mol. The van der Waals surface area contributed by atoms with Gasteiger partial charge in [0.1, 0.15) is 0 Å². The first-order valence-corrected chi connectivity index (χ1v) is 12.1. The van der Waals surface area contributed by atoms with Crippen molar-refractivity contribution in [1.82, 2.24) is 5.32 Å². The van der Waals surface area contributed by atoms with Gasteiger partial charge in [0.15, 0.2) is 0 Å². The van der Waals surface area contributed by atoms with Crippen LogP contribution >= 0.6 is 0 Å². The van der Waals surface area contributed by atoms with E-state index in [1.54, 1.807) is 0 Å². The van der Waals surface area contributed by atoms with E-state index >= 15 is 0 Å². The van der Waals surface area contributed by atoms with Crippen molar-refractivity contribution in [1.29, 1.82) is 0 Å². The molecule has 2 heterocycles. The van der Waals surface area contributed by atoms with Crippen molar-refractivity contribution in [2.75, 3.05) is 0 Å². The summed E-state index contributed by atoms with van der Waals surface area (Å²) >= 11 is 0. The third kappa shape index (κ3) is 4.39. The largest absolute Gasteiger partial charge is 0.378 e. The molecule has 0 fully saturated rings. The van der Waals surface area contributed by atoms with Gasteiger partial charge in [-0.05, 0) is 40.8 Å². The highest BCUT2D eigenvalue weighted by atomic mass is 15.0. The maximum Gasteiger partial charge on any atom is 0.0736 e. The van der Waals surface area contributed by atoms with E-state index in [0.717, 1.165) is 34.7 Å². The summed E-state index contributed by atoms with van der Waals surface area (Å²) in [6.45, 7) is 0. The van der Waals surface area contributed by atoms with Gasteiger partial charge in [0, 0.05) is 16.8 Å². The van der Waals surface area contributed by atoms with E-state index in [2.05, 4.69) is 133 Å².